The number of hydrogen-bond acceptors (Lipinski definition) is 2. The fraction of sp³-hybridized carbons (Fsp3) is 0.300. The molecule has 2 atom stereocenters. The van der Waals surface area contributed by atoms with Gasteiger partial charge in [-0.1, -0.05) is 48.5 Å². The first-order valence-corrected chi connectivity index (χ1v) is 8.38. The van der Waals surface area contributed by atoms with Crippen molar-refractivity contribution in [2.75, 3.05) is 6.54 Å². The van der Waals surface area contributed by atoms with E-state index in [0.29, 0.717) is 18.5 Å². The number of amides is 2. The predicted octanol–water partition coefficient (Wildman–Crippen LogP) is 3.17. The number of nitrogens with one attached hydrogen (secondary N) is 1. The van der Waals surface area contributed by atoms with Gasteiger partial charge in [0.1, 0.15) is 6.04 Å². The molecule has 0 radical (unpaired) electrons. The molecule has 4 nitrogen and oxygen atoms in total. The Labute approximate surface area is 142 Å². The lowest BCUT2D eigenvalue weighted by Crippen LogP contribution is -2.46. The minimum absolute atomic E-state index is 0.0689. The first kappa shape index (κ1) is 16.2. The molecule has 4 heteroatoms. The van der Waals surface area contributed by atoms with E-state index in [0.717, 1.165) is 12.0 Å². The van der Waals surface area contributed by atoms with Gasteiger partial charge in [0.15, 0.2) is 0 Å². The molecule has 1 fully saturated rings. The zero-order valence-electron chi connectivity index (χ0n) is 13.8. The summed E-state index contributed by atoms with van der Waals surface area (Å²) in [5.74, 6) is -0.145. The zero-order chi connectivity index (χ0) is 16.9. The van der Waals surface area contributed by atoms with Crippen molar-refractivity contribution in [3.05, 3.63) is 71.8 Å². The topological polar surface area (TPSA) is 49.4 Å². The second-order valence-electron chi connectivity index (χ2n) is 6.16. The lowest BCUT2D eigenvalue weighted by molar-refractivity contribution is -0.125. The summed E-state index contributed by atoms with van der Waals surface area (Å²) in [6, 6.07) is 18.5. The van der Waals surface area contributed by atoms with Crippen LogP contribution in [-0.2, 0) is 4.79 Å². The lowest BCUT2D eigenvalue weighted by Gasteiger charge is -2.25. The normalized spacial score (nSPS) is 18.2. The summed E-state index contributed by atoms with van der Waals surface area (Å²) in [4.78, 5) is 27.0. The molecule has 2 aromatic rings. The van der Waals surface area contributed by atoms with Gasteiger partial charge in [0.2, 0.25) is 5.91 Å². The van der Waals surface area contributed by atoms with Crippen LogP contribution in [0.3, 0.4) is 0 Å². The highest BCUT2D eigenvalue weighted by atomic mass is 16.2. The van der Waals surface area contributed by atoms with Crippen LogP contribution in [0.4, 0.5) is 0 Å². The number of hydrogen-bond donors (Lipinski definition) is 1. The Hall–Kier alpha value is -2.62. The highest BCUT2D eigenvalue weighted by molar-refractivity contribution is 5.98. The minimum Gasteiger partial charge on any atom is -0.348 e. The molecule has 0 saturated carbocycles. The van der Waals surface area contributed by atoms with Crippen molar-refractivity contribution < 1.29 is 9.59 Å². The van der Waals surface area contributed by atoms with Gasteiger partial charge in [-0.25, -0.2) is 0 Å². The van der Waals surface area contributed by atoms with E-state index in [1.165, 1.54) is 0 Å². The molecule has 1 aliphatic heterocycles. The van der Waals surface area contributed by atoms with Crippen LogP contribution in [0, 0.1) is 0 Å². The highest BCUT2D eigenvalue weighted by Gasteiger charge is 2.34. The molecule has 0 bridgehead atoms. The summed E-state index contributed by atoms with van der Waals surface area (Å²) < 4.78 is 0. The van der Waals surface area contributed by atoms with Gasteiger partial charge in [0, 0.05) is 12.1 Å². The van der Waals surface area contributed by atoms with Crippen LogP contribution in [0.2, 0.25) is 0 Å². The monoisotopic (exact) mass is 322 g/mol. The predicted molar refractivity (Wildman–Crippen MR) is 93.5 cm³/mol. The SMILES string of the molecule is C[C@@H](NC(=O)[C@@H]1CCCN1C(=O)c1ccccc1)c1ccccc1. The van der Waals surface area contributed by atoms with Crippen LogP contribution in [-0.4, -0.2) is 29.3 Å². The summed E-state index contributed by atoms with van der Waals surface area (Å²) in [7, 11) is 0. The van der Waals surface area contributed by atoms with Gasteiger partial charge in [0.25, 0.3) is 5.91 Å². The van der Waals surface area contributed by atoms with Gasteiger partial charge in [-0.3, -0.25) is 9.59 Å². The highest BCUT2D eigenvalue weighted by Crippen LogP contribution is 2.21. The largest absolute Gasteiger partial charge is 0.348 e. The van der Waals surface area contributed by atoms with Gasteiger partial charge in [-0.05, 0) is 37.5 Å². The average molecular weight is 322 g/mol. The molecule has 0 aromatic heterocycles. The molecule has 1 heterocycles. The van der Waals surface area contributed by atoms with Gasteiger partial charge in [-0.15, -0.1) is 0 Å². The van der Waals surface area contributed by atoms with E-state index in [1.54, 1.807) is 17.0 Å². The maximum atomic E-state index is 12.7. The molecule has 2 amide bonds. The van der Waals surface area contributed by atoms with Gasteiger partial charge in [-0.2, -0.15) is 0 Å². The number of carbonyl (C=O) groups is 2. The second-order valence-corrected chi connectivity index (χ2v) is 6.16. The summed E-state index contributed by atoms with van der Waals surface area (Å²) in [5, 5.41) is 3.04. The van der Waals surface area contributed by atoms with E-state index in [1.807, 2.05) is 55.5 Å². The van der Waals surface area contributed by atoms with E-state index in [4.69, 9.17) is 0 Å². The molecule has 3 rings (SSSR count). The van der Waals surface area contributed by atoms with E-state index in [-0.39, 0.29) is 23.9 Å². The smallest absolute Gasteiger partial charge is 0.254 e. The summed E-state index contributed by atoms with van der Waals surface area (Å²) >= 11 is 0. The summed E-state index contributed by atoms with van der Waals surface area (Å²) in [5.41, 5.74) is 1.69. The molecule has 0 aliphatic carbocycles. The third kappa shape index (κ3) is 3.48. The molecule has 0 spiro atoms. The van der Waals surface area contributed by atoms with E-state index >= 15 is 0 Å². The quantitative estimate of drug-likeness (QED) is 0.940. The Kier molecular flexibility index (Phi) is 4.94. The molecular weight excluding hydrogens is 300 g/mol. The lowest BCUT2D eigenvalue weighted by atomic mass is 10.1. The molecule has 24 heavy (non-hydrogen) atoms. The van der Waals surface area contributed by atoms with Gasteiger partial charge < -0.3 is 10.2 Å². The Morgan fingerprint density at radius 1 is 1.04 bits per heavy atom. The van der Waals surface area contributed by atoms with Crippen LogP contribution in [0.15, 0.2) is 60.7 Å². The van der Waals surface area contributed by atoms with Crippen LogP contribution in [0.1, 0.15) is 41.7 Å². The van der Waals surface area contributed by atoms with Gasteiger partial charge in [0.05, 0.1) is 6.04 Å². The molecule has 1 saturated heterocycles. The maximum Gasteiger partial charge on any atom is 0.254 e. The standard InChI is InChI=1S/C20H22N2O2/c1-15(16-9-4-2-5-10-16)21-19(23)18-13-8-14-22(18)20(24)17-11-6-3-7-12-17/h2-7,9-12,15,18H,8,13-14H2,1H3,(H,21,23)/t15-,18+/m1/s1. The minimum atomic E-state index is -0.385. The van der Waals surface area contributed by atoms with Crippen molar-refractivity contribution in [3.63, 3.8) is 0 Å². The van der Waals surface area contributed by atoms with E-state index < -0.39 is 0 Å². The van der Waals surface area contributed by atoms with Crippen LogP contribution < -0.4 is 5.32 Å². The van der Waals surface area contributed by atoms with Crippen molar-refractivity contribution in [2.24, 2.45) is 0 Å². The summed E-state index contributed by atoms with van der Waals surface area (Å²) in [6.45, 7) is 2.59. The Morgan fingerprint density at radius 2 is 1.67 bits per heavy atom. The molecule has 0 unspecified atom stereocenters. The second kappa shape index (κ2) is 7.30. The van der Waals surface area contributed by atoms with E-state index in [9.17, 15) is 9.59 Å². The summed E-state index contributed by atoms with van der Waals surface area (Å²) in [6.07, 6.45) is 1.57. The molecule has 2 aromatic carbocycles. The van der Waals surface area contributed by atoms with E-state index in [2.05, 4.69) is 5.32 Å². The third-order valence-corrected chi connectivity index (χ3v) is 4.50. The fourth-order valence-corrected chi connectivity index (χ4v) is 3.16. The third-order valence-electron chi connectivity index (χ3n) is 4.50. The van der Waals surface area contributed by atoms with Crippen LogP contribution in [0.25, 0.3) is 0 Å². The van der Waals surface area contributed by atoms with Crippen molar-refractivity contribution in [1.29, 1.82) is 0 Å². The zero-order valence-corrected chi connectivity index (χ0v) is 13.8. The molecule has 1 aliphatic rings. The number of nitrogens with zero attached hydrogens (tertiary/aromatic N) is 1. The molecule has 1 N–H and O–H groups in total. The Morgan fingerprint density at radius 3 is 2.33 bits per heavy atom. The van der Waals surface area contributed by atoms with Crippen molar-refractivity contribution in [1.82, 2.24) is 10.2 Å². The Bertz CT molecular complexity index is 700. The number of benzene rings is 2. The fourth-order valence-electron chi connectivity index (χ4n) is 3.16. The Balaban J connectivity index is 1.69. The van der Waals surface area contributed by atoms with Crippen molar-refractivity contribution >= 4 is 11.8 Å². The van der Waals surface area contributed by atoms with Gasteiger partial charge >= 0.3 is 0 Å². The number of rotatable bonds is 4. The first-order chi connectivity index (χ1) is 11.7. The number of carbonyl (C=O) groups excluding carboxylic acids is 2. The average Bonchev–Trinajstić information content (AvgIpc) is 3.12. The number of likely N-dealkylation sites (tertiary alicyclic amines) is 1. The molecule has 124 valence electrons. The van der Waals surface area contributed by atoms with Crippen molar-refractivity contribution in [2.45, 2.75) is 31.8 Å². The first-order valence-electron chi connectivity index (χ1n) is 8.38. The maximum absolute atomic E-state index is 12.7. The van der Waals surface area contributed by atoms with Crippen LogP contribution in [0.5, 0.6) is 0 Å². The molecular formula is C20H22N2O2. The van der Waals surface area contributed by atoms with Crippen LogP contribution >= 0.6 is 0 Å². The van der Waals surface area contributed by atoms with Crippen molar-refractivity contribution in [3.8, 4) is 0 Å².